The number of halogens is 3. The number of hydrogen-bond donors (Lipinski definition) is 5. The van der Waals surface area contributed by atoms with E-state index in [9.17, 15) is 26.7 Å². The molecular formula is C28H34F3N5O5S. The lowest BCUT2D eigenvalue weighted by Crippen LogP contribution is -2.43. The first kappa shape index (κ1) is 31.5. The van der Waals surface area contributed by atoms with Crippen LogP contribution in [0.2, 0.25) is 0 Å². The molecule has 0 spiro atoms. The van der Waals surface area contributed by atoms with Crippen molar-refractivity contribution in [1.29, 1.82) is 0 Å². The number of rotatable bonds is 10. The van der Waals surface area contributed by atoms with Crippen LogP contribution in [-0.4, -0.2) is 86.3 Å². The minimum atomic E-state index is -4.46. The van der Waals surface area contributed by atoms with E-state index in [0.29, 0.717) is 28.8 Å². The predicted molar refractivity (Wildman–Crippen MR) is 154 cm³/mol. The highest BCUT2D eigenvalue weighted by atomic mass is 32.2. The van der Waals surface area contributed by atoms with E-state index >= 15 is 0 Å². The summed E-state index contributed by atoms with van der Waals surface area (Å²) in [7, 11) is -2.56. The Balaban J connectivity index is 1.53. The smallest absolute Gasteiger partial charge is 0.406 e. The van der Waals surface area contributed by atoms with Crippen molar-refractivity contribution in [2.24, 2.45) is 5.14 Å². The van der Waals surface area contributed by atoms with Crippen molar-refractivity contribution in [2.45, 2.75) is 42.6 Å². The molecule has 6 N–H and O–H groups in total. The van der Waals surface area contributed by atoms with Crippen LogP contribution < -0.4 is 20.5 Å². The second kappa shape index (κ2) is 13.2. The van der Waals surface area contributed by atoms with Gasteiger partial charge in [0.25, 0.3) is 0 Å². The molecule has 0 bridgehead atoms. The molecule has 0 amide bonds. The SMILES string of the molecule is COc1cc(S(N)(=O)=O)ccc1NCC#Cc1cc2c(NC3CCN(C[C@@H](O)CO)CC3)cccc2n1CC(F)(F)F. The molecule has 1 fully saturated rings. The molecule has 228 valence electrons. The van der Waals surface area contributed by atoms with Crippen molar-refractivity contribution >= 4 is 32.3 Å². The van der Waals surface area contributed by atoms with E-state index in [1.165, 1.54) is 25.3 Å². The van der Waals surface area contributed by atoms with E-state index in [1.807, 2.05) is 6.07 Å². The van der Waals surface area contributed by atoms with Crippen LogP contribution in [0.25, 0.3) is 10.9 Å². The maximum Gasteiger partial charge on any atom is 0.406 e. The van der Waals surface area contributed by atoms with E-state index in [1.54, 1.807) is 18.2 Å². The van der Waals surface area contributed by atoms with Crippen molar-refractivity contribution in [2.75, 3.05) is 50.5 Å². The van der Waals surface area contributed by atoms with Gasteiger partial charge in [-0.05, 0) is 49.1 Å². The van der Waals surface area contributed by atoms with Crippen molar-refractivity contribution in [1.82, 2.24) is 9.47 Å². The van der Waals surface area contributed by atoms with E-state index in [4.69, 9.17) is 15.0 Å². The lowest BCUT2D eigenvalue weighted by atomic mass is 10.0. The number of anilines is 2. The Morgan fingerprint density at radius 3 is 2.55 bits per heavy atom. The van der Waals surface area contributed by atoms with Gasteiger partial charge in [0.2, 0.25) is 10.0 Å². The number of benzene rings is 2. The number of alkyl halides is 3. The Hall–Kier alpha value is -3.48. The van der Waals surface area contributed by atoms with Crippen molar-refractivity contribution in [3.63, 3.8) is 0 Å². The number of hydrogen-bond acceptors (Lipinski definition) is 8. The zero-order chi connectivity index (χ0) is 30.5. The largest absolute Gasteiger partial charge is 0.495 e. The van der Waals surface area contributed by atoms with Crippen molar-refractivity contribution < 1.29 is 36.5 Å². The highest BCUT2D eigenvalue weighted by molar-refractivity contribution is 7.89. The minimum Gasteiger partial charge on any atom is -0.495 e. The monoisotopic (exact) mass is 609 g/mol. The Kier molecular flexibility index (Phi) is 9.90. The topological polar surface area (TPSA) is 142 Å². The second-order valence-corrected chi connectivity index (χ2v) is 11.6. The van der Waals surface area contributed by atoms with Crippen LogP contribution in [0.1, 0.15) is 18.5 Å². The molecule has 10 nitrogen and oxygen atoms in total. The van der Waals surface area contributed by atoms with Crippen LogP contribution in [-0.2, 0) is 16.6 Å². The number of β-amino-alcohol motifs (C(OH)–C–C–N with tert-alkyl or cyclic N) is 1. The van der Waals surface area contributed by atoms with Crippen LogP contribution >= 0.6 is 0 Å². The minimum absolute atomic E-state index is 0.0489. The molecule has 1 aliphatic heterocycles. The van der Waals surface area contributed by atoms with Gasteiger partial charge in [-0.1, -0.05) is 12.0 Å². The standard InChI is InChI=1S/C28H34F3N5O5S/c1-41-27-15-22(42(32,39)40)7-8-25(27)33-11-3-4-20-14-23-24(5-2-6-26(23)36(20)18-28(29,30)31)34-19-9-12-35(13-10-19)16-21(38)17-37/h2,5-8,14-15,19,21,33-34,37-38H,9-13,16-18H2,1H3,(H2,32,39,40)/t21-/m1/s1. The molecule has 1 aromatic heterocycles. The molecule has 0 radical (unpaired) electrons. The fourth-order valence-corrected chi connectivity index (χ4v) is 5.50. The van der Waals surface area contributed by atoms with Gasteiger partial charge in [0.05, 0.1) is 48.2 Å². The third kappa shape index (κ3) is 8.08. The van der Waals surface area contributed by atoms with E-state index < -0.39 is 28.8 Å². The Labute approximate surface area is 242 Å². The molecule has 14 heteroatoms. The number of nitrogens with zero attached hydrogens (tertiary/aromatic N) is 2. The van der Waals surface area contributed by atoms with Gasteiger partial charge in [0.15, 0.2) is 0 Å². The Bertz CT molecular complexity index is 1560. The first-order valence-corrected chi connectivity index (χ1v) is 14.8. The zero-order valence-corrected chi connectivity index (χ0v) is 23.8. The number of aromatic nitrogens is 1. The number of methoxy groups -OCH3 is 1. The number of ether oxygens (including phenoxy) is 1. The molecule has 1 atom stereocenters. The summed E-state index contributed by atoms with van der Waals surface area (Å²) in [6.45, 7) is 0.389. The molecule has 0 saturated carbocycles. The van der Waals surface area contributed by atoms with Crippen LogP contribution in [0.15, 0.2) is 47.4 Å². The third-order valence-electron chi connectivity index (χ3n) is 7.00. The summed E-state index contributed by atoms with van der Waals surface area (Å²) in [5, 5.41) is 31.0. The van der Waals surface area contributed by atoms with Crippen molar-refractivity contribution in [3.05, 3.63) is 48.2 Å². The molecule has 42 heavy (non-hydrogen) atoms. The molecule has 2 aromatic carbocycles. The first-order valence-electron chi connectivity index (χ1n) is 13.3. The van der Waals surface area contributed by atoms with Gasteiger partial charge < -0.3 is 35.1 Å². The molecule has 0 aliphatic carbocycles. The van der Waals surface area contributed by atoms with Gasteiger partial charge in [-0.15, -0.1) is 0 Å². The van der Waals surface area contributed by atoms with Gasteiger partial charge in [0.1, 0.15) is 12.3 Å². The van der Waals surface area contributed by atoms with Gasteiger partial charge in [-0.25, -0.2) is 13.6 Å². The number of nitrogens with two attached hydrogens (primary N) is 1. The van der Waals surface area contributed by atoms with Crippen LogP contribution in [0.4, 0.5) is 24.5 Å². The summed E-state index contributed by atoms with van der Waals surface area (Å²) in [5.41, 5.74) is 1.75. The van der Waals surface area contributed by atoms with Gasteiger partial charge >= 0.3 is 6.18 Å². The number of likely N-dealkylation sites (tertiary alicyclic amines) is 1. The summed E-state index contributed by atoms with van der Waals surface area (Å²) >= 11 is 0. The summed E-state index contributed by atoms with van der Waals surface area (Å²) in [4.78, 5) is 1.95. The number of nitrogens with one attached hydrogen (secondary N) is 2. The number of piperidine rings is 1. The lowest BCUT2D eigenvalue weighted by Gasteiger charge is -2.33. The van der Waals surface area contributed by atoms with Crippen LogP contribution in [0.5, 0.6) is 5.75 Å². The predicted octanol–water partition coefficient (Wildman–Crippen LogP) is 2.55. The second-order valence-electron chi connectivity index (χ2n) is 10.1. The summed E-state index contributed by atoms with van der Waals surface area (Å²) in [6, 6.07) is 11.0. The first-order chi connectivity index (χ1) is 19.9. The number of primary sulfonamides is 1. The molecule has 3 aromatic rings. The average molecular weight is 610 g/mol. The van der Waals surface area contributed by atoms with Crippen LogP contribution in [0, 0.1) is 11.8 Å². The number of fused-ring (bicyclic) bond motifs is 1. The Morgan fingerprint density at radius 1 is 1.17 bits per heavy atom. The number of sulfonamides is 1. The molecular weight excluding hydrogens is 575 g/mol. The van der Waals surface area contributed by atoms with Gasteiger partial charge in [0, 0.05) is 42.8 Å². The highest BCUT2D eigenvalue weighted by Gasteiger charge is 2.30. The number of aliphatic hydroxyl groups is 2. The summed E-state index contributed by atoms with van der Waals surface area (Å²) < 4.78 is 70.3. The molecule has 1 saturated heterocycles. The fourth-order valence-electron chi connectivity index (χ4n) is 4.97. The average Bonchev–Trinajstić information content (AvgIpc) is 3.28. The van der Waals surface area contributed by atoms with Gasteiger partial charge in [-0.2, -0.15) is 13.2 Å². The summed E-state index contributed by atoms with van der Waals surface area (Å²) in [6.07, 6.45) is -3.70. The van der Waals surface area contributed by atoms with Crippen molar-refractivity contribution in [3.8, 4) is 17.6 Å². The van der Waals surface area contributed by atoms with E-state index in [0.717, 1.165) is 30.5 Å². The van der Waals surface area contributed by atoms with Gasteiger partial charge in [-0.3, -0.25) is 0 Å². The maximum atomic E-state index is 13.6. The normalized spacial score (nSPS) is 15.7. The van der Waals surface area contributed by atoms with E-state index in [2.05, 4.69) is 27.4 Å². The van der Waals surface area contributed by atoms with Crippen LogP contribution in [0.3, 0.4) is 0 Å². The Morgan fingerprint density at radius 2 is 1.90 bits per heavy atom. The quantitative estimate of drug-likeness (QED) is 0.221. The molecule has 0 unspecified atom stereocenters. The molecule has 4 rings (SSSR count). The molecule has 1 aliphatic rings. The number of aliphatic hydroxyl groups excluding tert-OH is 2. The van der Waals surface area contributed by atoms with E-state index in [-0.39, 0.29) is 35.5 Å². The fraction of sp³-hybridized carbons (Fsp3) is 0.429. The summed E-state index contributed by atoms with van der Waals surface area (Å²) in [5.74, 6) is 5.91. The molecule has 2 heterocycles. The zero-order valence-electron chi connectivity index (χ0n) is 23.0. The third-order valence-corrected chi connectivity index (χ3v) is 7.91. The highest BCUT2D eigenvalue weighted by Crippen LogP contribution is 2.31. The maximum absolute atomic E-state index is 13.6. The lowest BCUT2D eigenvalue weighted by molar-refractivity contribution is -0.140.